The Morgan fingerprint density at radius 1 is 1.50 bits per heavy atom. The number of nitrogens with zero attached hydrogens (tertiary/aromatic N) is 4. The normalized spacial score (nSPS) is 10.0. The molecule has 0 unspecified atom stereocenters. The van der Waals surface area contributed by atoms with E-state index >= 15 is 0 Å². The summed E-state index contributed by atoms with van der Waals surface area (Å²) < 4.78 is 0. The molecule has 0 aliphatic carbocycles. The molecule has 2 aromatic rings. The van der Waals surface area contributed by atoms with Crippen LogP contribution < -0.4 is 4.80 Å². The second-order valence-corrected chi connectivity index (χ2v) is 1.68. The van der Waals surface area contributed by atoms with Gasteiger partial charge in [-0.3, -0.25) is 0 Å². The maximum absolute atomic E-state index is 3.89. The van der Waals surface area contributed by atoms with Gasteiger partial charge in [-0.25, -0.2) is 5.10 Å². The third-order valence-electron chi connectivity index (χ3n) is 1.06. The quantitative estimate of drug-likeness (QED) is 0.485. The van der Waals surface area contributed by atoms with Gasteiger partial charge in [-0.05, 0) is 4.80 Å². The Morgan fingerprint density at radius 3 is 3.10 bits per heavy atom. The molecule has 50 valence electrons. The summed E-state index contributed by atoms with van der Waals surface area (Å²) in [6.07, 6.45) is 4.75. The molecule has 2 heterocycles. The maximum atomic E-state index is 3.89. The molecule has 0 bridgehead atoms. The van der Waals surface area contributed by atoms with Crippen molar-refractivity contribution < 1.29 is 4.80 Å². The fraction of sp³-hybridized carbons (Fsp3) is 0. The Bertz CT molecular complexity index is 249. The van der Waals surface area contributed by atoms with Gasteiger partial charge in [0, 0.05) is 0 Å². The molecular formula is C4H5N6+. The van der Waals surface area contributed by atoms with E-state index in [1.807, 2.05) is 0 Å². The topological polar surface area (TPSA) is 74.1 Å². The van der Waals surface area contributed by atoms with Crippen molar-refractivity contribution >= 4 is 0 Å². The fourth-order valence-corrected chi connectivity index (χ4v) is 0.654. The first-order valence-electron chi connectivity index (χ1n) is 2.74. The number of hydrogen-bond acceptors (Lipinski definition) is 3. The number of nitrogens with one attached hydrogen (secondary N) is 2. The van der Waals surface area contributed by atoms with Gasteiger partial charge in [-0.2, -0.15) is 0 Å². The molecule has 2 N–H and O–H groups in total. The summed E-state index contributed by atoms with van der Waals surface area (Å²) in [5, 5.41) is 13.0. The monoisotopic (exact) mass is 137 g/mol. The van der Waals surface area contributed by atoms with Crippen LogP contribution in [0, 0.1) is 0 Å². The van der Waals surface area contributed by atoms with E-state index in [9.17, 15) is 0 Å². The van der Waals surface area contributed by atoms with Gasteiger partial charge < -0.3 is 0 Å². The summed E-state index contributed by atoms with van der Waals surface area (Å²) in [6, 6.07) is 0. The van der Waals surface area contributed by atoms with Crippen LogP contribution in [0.5, 0.6) is 0 Å². The second-order valence-electron chi connectivity index (χ2n) is 1.68. The van der Waals surface area contributed by atoms with E-state index in [0.29, 0.717) is 5.95 Å². The number of H-pyrrole nitrogens is 2. The molecule has 0 aliphatic rings. The summed E-state index contributed by atoms with van der Waals surface area (Å²) in [6.45, 7) is 0. The highest BCUT2D eigenvalue weighted by Crippen LogP contribution is 1.77. The molecule has 2 rings (SSSR count). The van der Waals surface area contributed by atoms with E-state index in [4.69, 9.17) is 0 Å². The van der Waals surface area contributed by atoms with Crippen molar-refractivity contribution in [2.24, 2.45) is 0 Å². The van der Waals surface area contributed by atoms with Gasteiger partial charge in [-0.1, -0.05) is 15.2 Å². The number of aromatic nitrogens is 6. The van der Waals surface area contributed by atoms with Crippen molar-refractivity contribution in [3.05, 3.63) is 18.7 Å². The van der Waals surface area contributed by atoms with Crippen molar-refractivity contribution in [1.82, 2.24) is 25.4 Å². The molecule has 0 fully saturated rings. The zero-order valence-corrected chi connectivity index (χ0v) is 5.02. The molecule has 6 nitrogen and oxygen atoms in total. The fourth-order valence-electron chi connectivity index (χ4n) is 0.654. The Morgan fingerprint density at radius 2 is 2.50 bits per heavy atom. The molecule has 0 spiro atoms. The number of aromatic amines is 2. The maximum Gasteiger partial charge on any atom is 0.459 e. The number of rotatable bonds is 1. The number of hydrogen-bond donors (Lipinski definition) is 2. The SMILES string of the molecule is c1n[nH]c(-[n+]2ncc[nH]2)n1. The Labute approximate surface area is 55.9 Å². The summed E-state index contributed by atoms with van der Waals surface area (Å²) in [5.74, 6) is 0.574. The van der Waals surface area contributed by atoms with E-state index in [0.717, 1.165) is 0 Å². The largest absolute Gasteiger partial charge is 0.459 e. The summed E-state index contributed by atoms with van der Waals surface area (Å²) in [4.78, 5) is 5.34. The molecule has 0 saturated heterocycles. The van der Waals surface area contributed by atoms with Gasteiger partial charge in [-0.15, -0.1) is 5.10 Å². The molecule has 0 radical (unpaired) electrons. The van der Waals surface area contributed by atoms with Crippen LogP contribution in [0.15, 0.2) is 18.7 Å². The lowest BCUT2D eigenvalue weighted by Crippen LogP contribution is -2.37. The molecule has 0 atom stereocenters. The summed E-state index contributed by atoms with van der Waals surface area (Å²) in [5.41, 5.74) is 0. The highest BCUT2D eigenvalue weighted by atomic mass is 15.5. The third kappa shape index (κ3) is 0.661. The molecule has 2 aromatic heterocycles. The van der Waals surface area contributed by atoms with Crippen molar-refractivity contribution in [3.8, 4) is 5.95 Å². The van der Waals surface area contributed by atoms with Crippen molar-refractivity contribution in [2.45, 2.75) is 0 Å². The van der Waals surface area contributed by atoms with Crippen molar-refractivity contribution in [3.63, 3.8) is 0 Å². The van der Waals surface area contributed by atoms with Gasteiger partial charge in [0.25, 0.3) is 0 Å². The lowest BCUT2D eigenvalue weighted by Gasteiger charge is -1.78. The highest BCUT2D eigenvalue weighted by Gasteiger charge is 2.07. The Kier molecular flexibility index (Phi) is 0.970. The Balaban J connectivity index is 2.48. The minimum atomic E-state index is 0.574. The van der Waals surface area contributed by atoms with Gasteiger partial charge in [0.15, 0.2) is 0 Å². The minimum Gasteiger partial charge on any atom is -0.230 e. The molecular weight excluding hydrogens is 132 g/mol. The molecule has 0 amide bonds. The van der Waals surface area contributed by atoms with E-state index < -0.39 is 0 Å². The van der Waals surface area contributed by atoms with Crippen LogP contribution in [0.25, 0.3) is 5.95 Å². The van der Waals surface area contributed by atoms with E-state index in [1.54, 1.807) is 12.4 Å². The lowest BCUT2D eigenvalue weighted by molar-refractivity contribution is -0.720. The molecule has 0 saturated carbocycles. The molecule has 0 aliphatic heterocycles. The van der Waals surface area contributed by atoms with Crippen molar-refractivity contribution in [2.75, 3.05) is 0 Å². The van der Waals surface area contributed by atoms with Crippen LogP contribution in [0.2, 0.25) is 0 Å². The predicted molar refractivity (Wildman–Crippen MR) is 30.1 cm³/mol. The lowest BCUT2D eigenvalue weighted by atomic mass is 11.0. The van der Waals surface area contributed by atoms with Crippen LogP contribution in [0.4, 0.5) is 0 Å². The van der Waals surface area contributed by atoms with Crippen LogP contribution in [0.1, 0.15) is 0 Å². The standard InChI is InChI=1S/C4H4N6/c1-2-8-10(7-1)4-5-3-6-9-4/h1-3H,(H,5,6,9)/p+1. The van der Waals surface area contributed by atoms with Gasteiger partial charge >= 0.3 is 5.95 Å². The highest BCUT2D eigenvalue weighted by molar-refractivity contribution is 4.82. The first kappa shape index (κ1) is 5.10. The van der Waals surface area contributed by atoms with E-state index in [-0.39, 0.29) is 0 Å². The Hall–Kier alpha value is -1.72. The first-order valence-corrected chi connectivity index (χ1v) is 2.74. The molecule has 10 heavy (non-hydrogen) atoms. The average Bonchev–Trinajstić information content (AvgIpc) is 2.59. The molecule has 0 aromatic carbocycles. The first-order chi connectivity index (χ1) is 4.97. The van der Waals surface area contributed by atoms with Gasteiger partial charge in [0.05, 0.1) is 12.4 Å². The van der Waals surface area contributed by atoms with E-state index in [1.165, 1.54) is 11.1 Å². The molecule has 6 heteroatoms. The van der Waals surface area contributed by atoms with Gasteiger partial charge in [0.1, 0.15) is 0 Å². The second kappa shape index (κ2) is 1.90. The zero-order valence-electron chi connectivity index (χ0n) is 5.02. The smallest absolute Gasteiger partial charge is 0.230 e. The van der Waals surface area contributed by atoms with Crippen LogP contribution in [0.3, 0.4) is 0 Å². The average molecular weight is 137 g/mol. The predicted octanol–water partition coefficient (Wildman–Crippen LogP) is -1.20. The van der Waals surface area contributed by atoms with Crippen molar-refractivity contribution in [1.29, 1.82) is 0 Å². The van der Waals surface area contributed by atoms with Gasteiger partial charge in [0.2, 0.25) is 6.33 Å². The minimum absolute atomic E-state index is 0.574. The summed E-state index contributed by atoms with van der Waals surface area (Å²) >= 11 is 0. The summed E-state index contributed by atoms with van der Waals surface area (Å²) in [7, 11) is 0. The van der Waals surface area contributed by atoms with Crippen LogP contribution in [-0.4, -0.2) is 25.4 Å². The van der Waals surface area contributed by atoms with Crippen LogP contribution in [-0.2, 0) is 0 Å². The third-order valence-corrected chi connectivity index (χ3v) is 1.06. The van der Waals surface area contributed by atoms with Crippen LogP contribution >= 0.6 is 0 Å². The zero-order chi connectivity index (χ0) is 6.81. The van der Waals surface area contributed by atoms with E-state index in [2.05, 4.69) is 25.4 Å².